The van der Waals surface area contributed by atoms with Crippen molar-refractivity contribution in [1.29, 1.82) is 0 Å². The number of hydrogen-bond acceptors (Lipinski definition) is 6. The molecule has 0 aromatic carbocycles. The molecule has 3 N–H and O–H groups in total. The highest BCUT2D eigenvalue weighted by molar-refractivity contribution is 5.97. The highest BCUT2D eigenvalue weighted by Crippen LogP contribution is 2.32. The van der Waals surface area contributed by atoms with Crippen LogP contribution < -0.4 is 5.32 Å². The van der Waals surface area contributed by atoms with Gasteiger partial charge in [0.1, 0.15) is 0 Å². The van der Waals surface area contributed by atoms with Crippen LogP contribution in [0.2, 0.25) is 0 Å². The first-order valence-corrected chi connectivity index (χ1v) is 11.8. The molecule has 0 atom stereocenters. The molecule has 9 nitrogen and oxygen atoms in total. The Labute approximate surface area is 207 Å². The molecule has 0 fully saturated rings. The van der Waals surface area contributed by atoms with Crippen molar-refractivity contribution in [3.05, 3.63) is 79.7 Å². The van der Waals surface area contributed by atoms with Gasteiger partial charge in [0.15, 0.2) is 5.65 Å². The van der Waals surface area contributed by atoms with Crippen LogP contribution in [0.3, 0.4) is 0 Å². The molecule has 6 heterocycles. The molecule has 0 radical (unpaired) electrons. The Balaban J connectivity index is 1.40. The van der Waals surface area contributed by atoms with Gasteiger partial charge in [-0.05, 0) is 31.5 Å². The summed E-state index contributed by atoms with van der Waals surface area (Å²) in [6.45, 7) is 8.19. The molecule has 0 saturated carbocycles. The van der Waals surface area contributed by atoms with E-state index < -0.39 is 0 Å². The first kappa shape index (κ1) is 21.7. The van der Waals surface area contributed by atoms with E-state index in [0.717, 1.165) is 74.4 Å². The van der Waals surface area contributed by atoms with Crippen LogP contribution in [0.1, 0.15) is 25.5 Å². The lowest BCUT2D eigenvalue weighted by molar-refractivity contribution is 0.913. The van der Waals surface area contributed by atoms with E-state index in [0.29, 0.717) is 5.65 Å². The van der Waals surface area contributed by atoms with Crippen molar-refractivity contribution in [3.8, 4) is 28.2 Å². The summed E-state index contributed by atoms with van der Waals surface area (Å²) in [5.41, 5.74) is 9.04. The standard InChI is InChI=1S/C27H25N9/c1-4-5-16(2)32-20-6-18(9-28-11-20)19-7-22-26(34-35-27(22)30-10-19)23-8-21-24(33-23)12-29-13-25(21)36-14-17(3)31-15-36/h6-15,32-33H,2,4-5H2,1,3H3,(H,30,34,35). The molecule has 9 heteroatoms. The fourth-order valence-electron chi connectivity index (χ4n) is 4.43. The third-order valence-electron chi connectivity index (χ3n) is 6.14. The Kier molecular flexibility index (Phi) is 5.29. The second kappa shape index (κ2) is 8.77. The van der Waals surface area contributed by atoms with Gasteiger partial charge >= 0.3 is 0 Å². The van der Waals surface area contributed by atoms with Gasteiger partial charge in [-0.25, -0.2) is 9.97 Å². The molecule has 0 spiro atoms. The van der Waals surface area contributed by atoms with Gasteiger partial charge in [0, 0.05) is 46.2 Å². The summed E-state index contributed by atoms with van der Waals surface area (Å²) in [4.78, 5) is 21.3. The summed E-state index contributed by atoms with van der Waals surface area (Å²) in [7, 11) is 0. The molecule has 6 rings (SSSR count). The summed E-state index contributed by atoms with van der Waals surface area (Å²) < 4.78 is 1.98. The van der Waals surface area contributed by atoms with Crippen LogP contribution in [-0.2, 0) is 0 Å². The summed E-state index contributed by atoms with van der Waals surface area (Å²) in [6.07, 6.45) is 14.9. The van der Waals surface area contributed by atoms with E-state index in [2.05, 4.69) is 72.1 Å². The van der Waals surface area contributed by atoms with Crippen molar-refractivity contribution < 1.29 is 0 Å². The fourth-order valence-corrected chi connectivity index (χ4v) is 4.43. The van der Waals surface area contributed by atoms with E-state index in [1.165, 1.54) is 0 Å². The lowest BCUT2D eigenvalue weighted by Gasteiger charge is -2.09. The lowest BCUT2D eigenvalue weighted by atomic mass is 10.1. The maximum atomic E-state index is 4.60. The number of nitrogens with one attached hydrogen (secondary N) is 3. The molecule has 6 aromatic heterocycles. The maximum Gasteiger partial charge on any atom is 0.181 e. The smallest absolute Gasteiger partial charge is 0.181 e. The number of nitrogens with zero attached hydrogens (tertiary/aromatic N) is 6. The number of fused-ring (bicyclic) bond motifs is 2. The number of aryl methyl sites for hydroxylation is 1. The highest BCUT2D eigenvalue weighted by atomic mass is 15.2. The van der Waals surface area contributed by atoms with Gasteiger partial charge in [-0.15, -0.1) is 0 Å². The van der Waals surface area contributed by atoms with Gasteiger partial charge in [0.25, 0.3) is 0 Å². The SMILES string of the molecule is C=C(CCC)Nc1cncc(-c2cnc3n[nH]c(-c4cc5c(-n6cnc(C)c6)cncc5[nH]4)c3c2)c1. The predicted molar refractivity (Wildman–Crippen MR) is 142 cm³/mol. The highest BCUT2D eigenvalue weighted by Gasteiger charge is 2.15. The number of allylic oxidation sites excluding steroid dienone is 1. The van der Waals surface area contributed by atoms with Crippen LogP contribution in [0.15, 0.2) is 74.0 Å². The summed E-state index contributed by atoms with van der Waals surface area (Å²) in [6, 6.07) is 6.25. The Morgan fingerprint density at radius 2 is 1.86 bits per heavy atom. The van der Waals surface area contributed by atoms with Crippen molar-refractivity contribution in [2.45, 2.75) is 26.7 Å². The third-order valence-corrected chi connectivity index (χ3v) is 6.14. The van der Waals surface area contributed by atoms with E-state index in [9.17, 15) is 0 Å². The molecule has 0 aliphatic rings. The Bertz CT molecular complexity index is 1720. The minimum atomic E-state index is 0.648. The molecule has 0 aliphatic carbocycles. The van der Waals surface area contributed by atoms with Crippen LogP contribution in [-0.4, -0.2) is 39.7 Å². The Hall–Kier alpha value is -4.79. The van der Waals surface area contributed by atoms with Crippen LogP contribution in [0.4, 0.5) is 5.69 Å². The Morgan fingerprint density at radius 3 is 2.69 bits per heavy atom. The second-order valence-electron chi connectivity index (χ2n) is 8.86. The second-order valence-corrected chi connectivity index (χ2v) is 8.86. The number of H-pyrrole nitrogens is 2. The molecule has 36 heavy (non-hydrogen) atoms. The molecule has 6 aromatic rings. The maximum absolute atomic E-state index is 4.60. The normalized spacial score (nSPS) is 11.4. The van der Waals surface area contributed by atoms with Crippen molar-refractivity contribution in [2.24, 2.45) is 0 Å². The summed E-state index contributed by atoms with van der Waals surface area (Å²) in [5.74, 6) is 0. The number of aromatic nitrogens is 8. The summed E-state index contributed by atoms with van der Waals surface area (Å²) in [5, 5.41) is 12.9. The van der Waals surface area contributed by atoms with Gasteiger partial charge < -0.3 is 14.9 Å². The number of aromatic amines is 2. The first-order valence-electron chi connectivity index (χ1n) is 11.8. The zero-order valence-corrected chi connectivity index (χ0v) is 20.1. The first-order chi connectivity index (χ1) is 17.6. The van der Waals surface area contributed by atoms with Gasteiger partial charge in [0.05, 0.1) is 58.9 Å². The van der Waals surface area contributed by atoms with E-state index in [1.807, 2.05) is 42.5 Å². The molecule has 0 saturated heterocycles. The topological polar surface area (TPSA) is 113 Å². The largest absolute Gasteiger partial charge is 0.358 e. The number of imidazole rings is 1. The molecule has 0 aliphatic heterocycles. The molecular weight excluding hydrogens is 450 g/mol. The molecule has 0 amide bonds. The number of anilines is 1. The third kappa shape index (κ3) is 3.90. The average Bonchev–Trinajstić information content (AvgIpc) is 3.61. The van der Waals surface area contributed by atoms with Crippen molar-refractivity contribution in [3.63, 3.8) is 0 Å². The van der Waals surface area contributed by atoms with E-state index in [-0.39, 0.29) is 0 Å². The van der Waals surface area contributed by atoms with Crippen molar-refractivity contribution in [2.75, 3.05) is 5.32 Å². The predicted octanol–water partition coefficient (Wildman–Crippen LogP) is 5.78. The number of rotatable bonds is 7. The van der Waals surface area contributed by atoms with Gasteiger partial charge in [-0.3, -0.25) is 15.1 Å². The zero-order chi connectivity index (χ0) is 24.6. The average molecular weight is 476 g/mol. The van der Waals surface area contributed by atoms with E-state index >= 15 is 0 Å². The molecular formula is C27H25N9. The lowest BCUT2D eigenvalue weighted by Crippen LogP contribution is -1.98. The monoisotopic (exact) mass is 475 g/mol. The van der Waals surface area contributed by atoms with Crippen LogP contribution in [0.25, 0.3) is 50.1 Å². The molecule has 178 valence electrons. The summed E-state index contributed by atoms with van der Waals surface area (Å²) >= 11 is 0. The number of pyridine rings is 3. The van der Waals surface area contributed by atoms with Gasteiger partial charge in [0.2, 0.25) is 0 Å². The fraction of sp³-hybridized carbons (Fsp3) is 0.148. The van der Waals surface area contributed by atoms with E-state index in [4.69, 9.17) is 0 Å². The minimum absolute atomic E-state index is 0.648. The van der Waals surface area contributed by atoms with Crippen LogP contribution in [0.5, 0.6) is 0 Å². The Morgan fingerprint density at radius 1 is 1.00 bits per heavy atom. The van der Waals surface area contributed by atoms with Crippen LogP contribution >= 0.6 is 0 Å². The van der Waals surface area contributed by atoms with E-state index in [1.54, 1.807) is 12.5 Å². The molecule has 0 unspecified atom stereocenters. The van der Waals surface area contributed by atoms with Gasteiger partial charge in [-0.2, -0.15) is 5.10 Å². The van der Waals surface area contributed by atoms with Crippen molar-refractivity contribution >= 4 is 27.6 Å². The van der Waals surface area contributed by atoms with Crippen LogP contribution in [0, 0.1) is 6.92 Å². The zero-order valence-electron chi connectivity index (χ0n) is 20.1. The molecule has 0 bridgehead atoms. The number of hydrogen-bond donors (Lipinski definition) is 3. The van der Waals surface area contributed by atoms with Crippen molar-refractivity contribution in [1.82, 2.24) is 39.7 Å². The van der Waals surface area contributed by atoms with Gasteiger partial charge in [-0.1, -0.05) is 19.9 Å². The quantitative estimate of drug-likeness (QED) is 0.270. The minimum Gasteiger partial charge on any atom is -0.358 e.